The molecule has 30 heavy (non-hydrogen) atoms. The van der Waals surface area contributed by atoms with Crippen LogP contribution in [0.1, 0.15) is 58.1 Å². The molecule has 0 fully saturated rings. The van der Waals surface area contributed by atoms with Crippen LogP contribution in [0.5, 0.6) is 0 Å². The molecule has 0 aromatic heterocycles. The Morgan fingerprint density at radius 2 is 1.73 bits per heavy atom. The summed E-state index contributed by atoms with van der Waals surface area (Å²) in [6, 6.07) is 9.20. The van der Waals surface area contributed by atoms with Gasteiger partial charge < -0.3 is 14.8 Å². The maximum atomic E-state index is 12.7. The molecule has 0 radical (unpaired) electrons. The van der Waals surface area contributed by atoms with Gasteiger partial charge in [0.2, 0.25) is 5.91 Å². The SMILES string of the molecule is C=CCCC(=O)O[C@@H](CNC(=O)C(CC=C)CC(=O)OC(C)(C)C)c1ccccc1. The summed E-state index contributed by atoms with van der Waals surface area (Å²) in [5.74, 6) is -1.73. The lowest BCUT2D eigenvalue weighted by Crippen LogP contribution is -2.36. The third-order valence-electron chi connectivity index (χ3n) is 4.11. The van der Waals surface area contributed by atoms with Gasteiger partial charge in [0.25, 0.3) is 0 Å². The maximum absolute atomic E-state index is 12.7. The molecule has 0 saturated heterocycles. The summed E-state index contributed by atoms with van der Waals surface area (Å²) in [7, 11) is 0. The number of carbonyl (C=O) groups excluding carboxylic acids is 3. The molecule has 0 spiro atoms. The van der Waals surface area contributed by atoms with E-state index in [-0.39, 0.29) is 31.3 Å². The van der Waals surface area contributed by atoms with Crippen LogP contribution in [-0.4, -0.2) is 30.0 Å². The van der Waals surface area contributed by atoms with Crippen LogP contribution in [-0.2, 0) is 23.9 Å². The van der Waals surface area contributed by atoms with Crippen molar-refractivity contribution in [3.63, 3.8) is 0 Å². The van der Waals surface area contributed by atoms with Crippen molar-refractivity contribution in [2.45, 2.75) is 58.2 Å². The molecule has 164 valence electrons. The van der Waals surface area contributed by atoms with Gasteiger partial charge in [0, 0.05) is 6.42 Å². The number of esters is 2. The Hall–Kier alpha value is -2.89. The van der Waals surface area contributed by atoms with Gasteiger partial charge in [-0.3, -0.25) is 14.4 Å². The van der Waals surface area contributed by atoms with Crippen LogP contribution in [0.15, 0.2) is 55.6 Å². The number of nitrogens with one attached hydrogen (secondary N) is 1. The molecule has 0 heterocycles. The fraction of sp³-hybridized carbons (Fsp3) is 0.458. The van der Waals surface area contributed by atoms with E-state index in [2.05, 4.69) is 18.5 Å². The fourth-order valence-electron chi connectivity index (χ4n) is 2.74. The second-order valence-electron chi connectivity index (χ2n) is 7.97. The molecule has 1 unspecified atom stereocenters. The van der Waals surface area contributed by atoms with Gasteiger partial charge in [-0.1, -0.05) is 42.5 Å². The summed E-state index contributed by atoms with van der Waals surface area (Å²) in [4.78, 5) is 36.9. The van der Waals surface area contributed by atoms with Crippen molar-refractivity contribution in [3.8, 4) is 0 Å². The predicted molar refractivity (Wildman–Crippen MR) is 116 cm³/mol. The number of amides is 1. The van der Waals surface area contributed by atoms with Crippen molar-refractivity contribution in [1.29, 1.82) is 0 Å². The van der Waals surface area contributed by atoms with E-state index in [1.54, 1.807) is 32.9 Å². The minimum absolute atomic E-state index is 0.0513. The molecular formula is C24H33NO5. The van der Waals surface area contributed by atoms with Crippen LogP contribution in [0.2, 0.25) is 0 Å². The Morgan fingerprint density at radius 3 is 2.30 bits per heavy atom. The standard InChI is InChI=1S/C24H33NO5/c1-6-8-15-21(26)29-20(18-13-10-9-11-14-18)17-25-23(28)19(12-7-2)16-22(27)30-24(3,4)5/h6-7,9-11,13-14,19-20H,1-2,8,12,15-17H2,3-5H3,(H,25,28)/t19?,20-/m0/s1. The first kappa shape index (κ1) is 25.1. The summed E-state index contributed by atoms with van der Waals surface area (Å²) in [6.45, 7) is 12.7. The molecule has 0 aliphatic heterocycles. The third kappa shape index (κ3) is 10.0. The molecule has 0 saturated carbocycles. The first-order chi connectivity index (χ1) is 14.2. The molecule has 1 aromatic rings. The van der Waals surface area contributed by atoms with Crippen LogP contribution >= 0.6 is 0 Å². The average molecular weight is 416 g/mol. The molecule has 1 rings (SSSR count). The number of rotatable bonds is 12. The number of ether oxygens (including phenoxy) is 2. The average Bonchev–Trinajstić information content (AvgIpc) is 2.68. The molecule has 1 N–H and O–H groups in total. The van der Waals surface area contributed by atoms with E-state index in [1.807, 2.05) is 30.3 Å². The van der Waals surface area contributed by atoms with Gasteiger partial charge >= 0.3 is 11.9 Å². The summed E-state index contributed by atoms with van der Waals surface area (Å²) in [5, 5.41) is 2.80. The predicted octanol–water partition coefficient (Wildman–Crippen LogP) is 4.28. The van der Waals surface area contributed by atoms with E-state index in [0.717, 1.165) is 5.56 Å². The van der Waals surface area contributed by atoms with E-state index >= 15 is 0 Å². The smallest absolute Gasteiger partial charge is 0.307 e. The van der Waals surface area contributed by atoms with Crippen LogP contribution in [0, 0.1) is 5.92 Å². The number of allylic oxidation sites excluding steroid dienone is 2. The van der Waals surface area contributed by atoms with Crippen molar-refractivity contribution in [3.05, 3.63) is 61.2 Å². The second kappa shape index (κ2) is 12.6. The van der Waals surface area contributed by atoms with Crippen molar-refractivity contribution in [2.75, 3.05) is 6.54 Å². The monoisotopic (exact) mass is 415 g/mol. The number of benzene rings is 1. The fourth-order valence-corrected chi connectivity index (χ4v) is 2.74. The van der Waals surface area contributed by atoms with Crippen molar-refractivity contribution < 1.29 is 23.9 Å². The largest absolute Gasteiger partial charge is 0.460 e. The minimum atomic E-state index is -0.627. The Balaban J connectivity index is 2.79. The molecule has 2 atom stereocenters. The number of hydrogen-bond donors (Lipinski definition) is 1. The molecule has 0 aliphatic rings. The van der Waals surface area contributed by atoms with Gasteiger partial charge in [-0.05, 0) is 39.2 Å². The topological polar surface area (TPSA) is 81.7 Å². The molecule has 0 bridgehead atoms. The third-order valence-corrected chi connectivity index (χ3v) is 4.11. The quantitative estimate of drug-likeness (QED) is 0.407. The highest BCUT2D eigenvalue weighted by molar-refractivity contribution is 5.84. The lowest BCUT2D eigenvalue weighted by Gasteiger charge is -2.23. The van der Waals surface area contributed by atoms with Crippen molar-refractivity contribution >= 4 is 17.8 Å². The van der Waals surface area contributed by atoms with Gasteiger partial charge in [0.05, 0.1) is 18.9 Å². The van der Waals surface area contributed by atoms with E-state index in [9.17, 15) is 14.4 Å². The first-order valence-electron chi connectivity index (χ1n) is 10.1. The van der Waals surface area contributed by atoms with E-state index in [0.29, 0.717) is 12.8 Å². The Bertz CT molecular complexity index is 721. The second-order valence-corrected chi connectivity index (χ2v) is 7.97. The number of hydrogen-bond acceptors (Lipinski definition) is 5. The van der Waals surface area contributed by atoms with E-state index in [4.69, 9.17) is 9.47 Å². The van der Waals surface area contributed by atoms with Gasteiger partial charge in [0.1, 0.15) is 11.7 Å². The zero-order valence-corrected chi connectivity index (χ0v) is 18.2. The van der Waals surface area contributed by atoms with Crippen molar-refractivity contribution in [1.82, 2.24) is 5.32 Å². The summed E-state index contributed by atoms with van der Waals surface area (Å²) in [6.07, 6.45) is 3.64. The highest BCUT2D eigenvalue weighted by Crippen LogP contribution is 2.19. The normalized spacial score (nSPS) is 12.9. The molecular weight excluding hydrogens is 382 g/mol. The van der Waals surface area contributed by atoms with Crippen LogP contribution in [0.4, 0.5) is 0 Å². The summed E-state index contributed by atoms with van der Waals surface area (Å²) < 4.78 is 10.9. The highest BCUT2D eigenvalue weighted by Gasteiger charge is 2.26. The zero-order valence-electron chi connectivity index (χ0n) is 18.2. The maximum Gasteiger partial charge on any atom is 0.307 e. The molecule has 0 aliphatic carbocycles. The lowest BCUT2D eigenvalue weighted by molar-refractivity contribution is -0.157. The summed E-state index contributed by atoms with van der Waals surface area (Å²) in [5.41, 5.74) is 0.154. The Morgan fingerprint density at radius 1 is 1.07 bits per heavy atom. The lowest BCUT2D eigenvalue weighted by atomic mass is 10.00. The molecule has 6 heteroatoms. The number of carbonyl (C=O) groups is 3. The van der Waals surface area contributed by atoms with E-state index in [1.165, 1.54) is 0 Å². The first-order valence-corrected chi connectivity index (χ1v) is 10.1. The van der Waals surface area contributed by atoms with Crippen LogP contribution < -0.4 is 5.32 Å². The summed E-state index contributed by atoms with van der Waals surface area (Å²) >= 11 is 0. The van der Waals surface area contributed by atoms with Crippen LogP contribution in [0.3, 0.4) is 0 Å². The van der Waals surface area contributed by atoms with Crippen LogP contribution in [0.25, 0.3) is 0 Å². The Kier molecular flexibility index (Phi) is 10.6. The van der Waals surface area contributed by atoms with Gasteiger partial charge in [-0.25, -0.2) is 0 Å². The zero-order chi connectivity index (χ0) is 22.6. The van der Waals surface area contributed by atoms with Crippen molar-refractivity contribution in [2.24, 2.45) is 5.92 Å². The van der Waals surface area contributed by atoms with Gasteiger partial charge in [-0.15, -0.1) is 13.2 Å². The molecule has 1 amide bonds. The molecule has 1 aromatic carbocycles. The highest BCUT2D eigenvalue weighted by atomic mass is 16.6. The minimum Gasteiger partial charge on any atom is -0.460 e. The van der Waals surface area contributed by atoms with Gasteiger partial charge in [-0.2, -0.15) is 0 Å². The van der Waals surface area contributed by atoms with Gasteiger partial charge in [0.15, 0.2) is 0 Å². The molecule has 6 nitrogen and oxygen atoms in total. The Labute approximate surface area is 179 Å². The van der Waals surface area contributed by atoms with E-state index < -0.39 is 23.6 Å².